The summed E-state index contributed by atoms with van der Waals surface area (Å²) in [6.45, 7) is 9.09. The fourth-order valence-electron chi connectivity index (χ4n) is 8.29. The molecule has 0 saturated carbocycles. The lowest BCUT2D eigenvalue weighted by atomic mass is 9.81. The van der Waals surface area contributed by atoms with Crippen LogP contribution in [0.4, 0.5) is 0 Å². The highest BCUT2D eigenvalue weighted by Gasteiger charge is 2.36. The van der Waals surface area contributed by atoms with Gasteiger partial charge in [-0.05, 0) is 138 Å². The van der Waals surface area contributed by atoms with Gasteiger partial charge in [0, 0.05) is 24.2 Å². The van der Waals surface area contributed by atoms with E-state index in [1.165, 1.54) is 77.2 Å². The Hall–Kier alpha value is -4.46. The van der Waals surface area contributed by atoms with Gasteiger partial charge in [0.2, 0.25) is 0 Å². The molecular formula is C50H39BBr3O2. The Balaban J connectivity index is 0.000000128. The molecular weight excluding hydrogens is 883 g/mol. The van der Waals surface area contributed by atoms with Gasteiger partial charge >= 0.3 is 7.69 Å². The normalized spacial score (nSPS) is 13.6. The highest BCUT2D eigenvalue weighted by molar-refractivity contribution is 9.11. The standard InChI is InChI=1S/C25H19Br.C15H14BO2.C10H6Br2/c1-25(2)23-6-4-3-5-21(23)22-12-10-18(15-24(22)25)17-8-7-16-9-11-20(26)14-19(16)13-17;1-15(2)13-6-4-3-5-11(13)12-8-7-10(18-16-17)9-14(12)15;11-9-3-1-7-2-4-10(12)6-8(7)5-9/h3-15H,1-2H3;3-9,17H,1-2H3;1-6H. The average Bonchev–Trinajstić information content (AvgIpc) is 3.57. The zero-order valence-electron chi connectivity index (χ0n) is 31.6. The zero-order valence-corrected chi connectivity index (χ0v) is 36.3. The maximum absolute atomic E-state index is 8.72. The van der Waals surface area contributed by atoms with E-state index in [1.54, 1.807) is 0 Å². The van der Waals surface area contributed by atoms with Crippen LogP contribution in [0.2, 0.25) is 0 Å². The summed E-state index contributed by atoms with van der Waals surface area (Å²) >= 11 is 10.5. The fraction of sp³-hybridized carbons (Fsp3) is 0.120. The number of hydrogen-bond acceptors (Lipinski definition) is 2. The first-order valence-electron chi connectivity index (χ1n) is 18.6. The van der Waals surface area contributed by atoms with E-state index < -0.39 is 0 Å². The lowest BCUT2D eigenvalue weighted by Crippen LogP contribution is -2.15. The maximum Gasteiger partial charge on any atom is 0.569 e. The van der Waals surface area contributed by atoms with Gasteiger partial charge in [0.05, 0.1) is 0 Å². The summed E-state index contributed by atoms with van der Waals surface area (Å²) in [5.41, 5.74) is 13.3. The number of halogens is 3. The molecule has 0 spiro atoms. The topological polar surface area (TPSA) is 29.5 Å². The molecule has 6 heteroatoms. The van der Waals surface area contributed by atoms with E-state index in [1.807, 2.05) is 12.1 Å². The molecule has 0 aliphatic heterocycles. The number of hydrogen-bond donors (Lipinski definition) is 1. The van der Waals surface area contributed by atoms with Crippen molar-refractivity contribution in [2.24, 2.45) is 0 Å². The first kappa shape index (κ1) is 38.4. The third-order valence-electron chi connectivity index (χ3n) is 11.2. The molecule has 0 fully saturated rings. The molecule has 0 unspecified atom stereocenters. The van der Waals surface area contributed by atoms with Crippen LogP contribution < -0.4 is 4.65 Å². The van der Waals surface area contributed by atoms with Gasteiger partial charge in [-0.1, -0.05) is 173 Å². The van der Waals surface area contributed by atoms with Crippen molar-refractivity contribution in [1.29, 1.82) is 0 Å². The largest absolute Gasteiger partial charge is 0.569 e. The predicted octanol–water partition coefficient (Wildman–Crippen LogP) is 14.8. The molecule has 56 heavy (non-hydrogen) atoms. The molecule has 1 N–H and O–H groups in total. The monoisotopic (exact) mass is 919 g/mol. The minimum absolute atomic E-state index is 0.0270. The second-order valence-electron chi connectivity index (χ2n) is 15.4. The van der Waals surface area contributed by atoms with Gasteiger partial charge in [0.1, 0.15) is 5.75 Å². The molecule has 0 bridgehead atoms. The van der Waals surface area contributed by atoms with E-state index in [2.05, 4.69) is 221 Å². The van der Waals surface area contributed by atoms with Gasteiger partial charge in [-0.25, -0.2) is 0 Å². The van der Waals surface area contributed by atoms with Crippen LogP contribution in [0.25, 0.3) is 54.9 Å². The van der Waals surface area contributed by atoms with Crippen molar-refractivity contribution in [1.82, 2.24) is 0 Å². The van der Waals surface area contributed by atoms with Crippen LogP contribution in [-0.2, 0) is 10.8 Å². The second kappa shape index (κ2) is 15.5. The Morgan fingerprint density at radius 3 is 1.36 bits per heavy atom. The lowest BCUT2D eigenvalue weighted by Gasteiger charge is -2.22. The van der Waals surface area contributed by atoms with Crippen LogP contribution in [0, 0.1) is 0 Å². The summed E-state index contributed by atoms with van der Waals surface area (Å²) in [5.74, 6) is 0.664. The highest BCUT2D eigenvalue weighted by Crippen LogP contribution is 2.50. The summed E-state index contributed by atoms with van der Waals surface area (Å²) in [6.07, 6.45) is 0. The van der Waals surface area contributed by atoms with E-state index in [0.29, 0.717) is 5.75 Å². The van der Waals surface area contributed by atoms with Gasteiger partial charge in [-0.3, -0.25) is 0 Å². The number of fused-ring (bicyclic) bond motifs is 8. The molecule has 0 aromatic heterocycles. The van der Waals surface area contributed by atoms with Gasteiger partial charge < -0.3 is 9.68 Å². The summed E-state index contributed by atoms with van der Waals surface area (Å²) in [7, 11) is 0.719. The Labute approximate surface area is 355 Å². The molecule has 2 aliphatic carbocycles. The number of rotatable bonds is 3. The first-order chi connectivity index (χ1) is 26.9. The zero-order chi connectivity index (χ0) is 39.2. The smallest absolute Gasteiger partial charge is 0.537 e. The summed E-state index contributed by atoms with van der Waals surface area (Å²) < 4.78 is 8.41. The molecule has 10 rings (SSSR count). The molecule has 0 heterocycles. The van der Waals surface area contributed by atoms with E-state index in [0.717, 1.165) is 21.1 Å². The van der Waals surface area contributed by atoms with Crippen LogP contribution in [0.1, 0.15) is 49.9 Å². The Morgan fingerprint density at radius 1 is 0.411 bits per heavy atom. The van der Waals surface area contributed by atoms with E-state index in [9.17, 15) is 0 Å². The molecule has 275 valence electrons. The van der Waals surface area contributed by atoms with Crippen molar-refractivity contribution < 1.29 is 9.68 Å². The average molecular weight is 922 g/mol. The molecule has 0 amide bonds. The number of benzene rings is 8. The molecule has 1 radical (unpaired) electrons. The third-order valence-corrected chi connectivity index (χ3v) is 12.7. The van der Waals surface area contributed by atoms with Gasteiger partial charge in [-0.15, -0.1) is 0 Å². The summed E-state index contributed by atoms with van der Waals surface area (Å²) in [4.78, 5) is 0. The van der Waals surface area contributed by atoms with Crippen LogP contribution in [-0.4, -0.2) is 12.7 Å². The van der Waals surface area contributed by atoms with E-state index >= 15 is 0 Å². The molecule has 0 atom stereocenters. The third kappa shape index (κ3) is 7.29. The van der Waals surface area contributed by atoms with Gasteiger partial charge in [0.15, 0.2) is 0 Å². The molecule has 2 nitrogen and oxygen atoms in total. The Morgan fingerprint density at radius 2 is 0.821 bits per heavy atom. The minimum atomic E-state index is -0.0270. The molecule has 8 aromatic carbocycles. The van der Waals surface area contributed by atoms with Crippen molar-refractivity contribution in [2.75, 3.05) is 0 Å². The van der Waals surface area contributed by atoms with E-state index in [4.69, 9.17) is 9.68 Å². The SMILES string of the molecule is Brc1ccc2ccc(Br)cc2c1.CC1(C)c2ccccc2-c2ccc(-c3ccc4ccc(Br)cc4c3)cc21.CC1(C)c2ccccc2-c2ccc(O[B]O)cc21. The highest BCUT2D eigenvalue weighted by atomic mass is 79.9. The van der Waals surface area contributed by atoms with Crippen LogP contribution in [0.3, 0.4) is 0 Å². The van der Waals surface area contributed by atoms with Crippen molar-refractivity contribution in [3.8, 4) is 39.1 Å². The molecule has 0 saturated heterocycles. The summed E-state index contributed by atoms with van der Waals surface area (Å²) in [6, 6.07) is 55.8. The fourth-order valence-corrected chi connectivity index (χ4v) is 9.42. The van der Waals surface area contributed by atoms with Crippen LogP contribution in [0.15, 0.2) is 171 Å². The van der Waals surface area contributed by atoms with Crippen molar-refractivity contribution in [3.63, 3.8) is 0 Å². The van der Waals surface area contributed by atoms with Crippen molar-refractivity contribution in [3.05, 3.63) is 193 Å². The van der Waals surface area contributed by atoms with Crippen LogP contribution in [0.5, 0.6) is 5.75 Å². The predicted molar refractivity (Wildman–Crippen MR) is 247 cm³/mol. The summed E-state index contributed by atoms with van der Waals surface area (Å²) in [5, 5.41) is 13.8. The molecule has 8 aromatic rings. The first-order valence-corrected chi connectivity index (χ1v) is 21.0. The maximum atomic E-state index is 8.72. The van der Waals surface area contributed by atoms with E-state index in [-0.39, 0.29) is 10.8 Å². The van der Waals surface area contributed by atoms with Crippen LogP contribution >= 0.6 is 47.8 Å². The van der Waals surface area contributed by atoms with Crippen molar-refractivity contribution >= 4 is 77.0 Å². The second-order valence-corrected chi connectivity index (χ2v) is 18.1. The lowest BCUT2D eigenvalue weighted by molar-refractivity contribution is 0.453. The van der Waals surface area contributed by atoms with Gasteiger partial charge in [-0.2, -0.15) is 0 Å². The molecule has 2 aliphatic rings. The Bertz CT molecular complexity index is 2740. The quantitative estimate of drug-likeness (QED) is 0.179. The minimum Gasteiger partial charge on any atom is -0.537 e. The Kier molecular flexibility index (Phi) is 10.6. The van der Waals surface area contributed by atoms with Crippen molar-refractivity contribution in [2.45, 2.75) is 38.5 Å². The van der Waals surface area contributed by atoms with Gasteiger partial charge in [0.25, 0.3) is 0 Å².